The summed E-state index contributed by atoms with van der Waals surface area (Å²) in [5, 5.41) is 13.3. The molecule has 1 aliphatic rings. The van der Waals surface area contributed by atoms with E-state index in [0.717, 1.165) is 13.0 Å². The SMILES string of the molecule is O=C(COc1cccc([N+](=O)[O-])c1)NCCCN1CCCC1=O. The Hall–Kier alpha value is -2.64. The lowest BCUT2D eigenvalue weighted by atomic mass is 10.3. The van der Waals surface area contributed by atoms with Gasteiger partial charge in [0.1, 0.15) is 5.75 Å². The number of non-ortho nitro benzene ring substituents is 1. The van der Waals surface area contributed by atoms with Crippen LogP contribution in [0, 0.1) is 10.1 Å². The van der Waals surface area contributed by atoms with Crippen LogP contribution in [0.4, 0.5) is 5.69 Å². The van der Waals surface area contributed by atoms with Crippen molar-refractivity contribution in [3.63, 3.8) is 0 Å². The first kappa shape index (κ1) is 16.7. The summed E-state index contributed by atoms with van der Waals surface area (Å²) in [4.78, 5) is 35.0. The van der Waals surface area contributed by atoms with Crippen LogP contribution in [0.5, 0.6) is 5.75 Å². The summed E-state index contributed by atoms with van der Waals surface area (Å²) in [5.41, 5.74) is -0.0850. The van der Waals surface area contributed by atoms with Crippen molar-refractivity contribution >= 4 is 17.5 Å². The summed E-state index contributed by atoms with van der Waals surface area (Å²) < 4.78 is 5.23. The third kappa shape index (κ3) is 5.24. The smallest absolute Gasteiger partial charge is 0.273 e. The lowest BCUT2D eigenvalue weighted by Gasteiger charge is -2.15. The van der Waals surface area contributed by atoms with Gasteiger partial charge in [-0.2, -0.15) is 0 Å². The topological polar surface area (TPSA) is 102 Å². The molecule has 2 amide bonds. The number of nitrogens with one attached hydrogen (secondary N) is 1. The van der Waals surface area contributed by atoms with E-state index >= 15 is 0 Å². The highest BCUT2D eigenvalue weighted by Gasteiger charge is 2.19. The summed E-state index contributed by atoms with van der Waals surface area (Å²) in [6, 6.07) is 5.68. The first-order valence-electron chi connectivity index (χ1n) is 7.48. The van der Waals surface area contributed by atoms with E-state index < -0.39 is 4.92 Å². The maximum atomic E-state index is 11.6. The Labute approximate surface area is 133 Å². The number of nitro benzene ring substituents is 1. The summed E-state index contributed by atoms with van der Waals surface area (Å²) in [6.07, 6.45) is 2.21. The first-order chi connectivity index (χ1) is 11.1. The Morgan fingerprint density at radius 3 is 2.96 bits per heavy atom. The van der Waals surface area contributed by atoms with Gasteiger partial charge in [-0.1, -0.05) is 6.07 Å². The van der Waals surface area contributed by atoms with Gasteiger partial charge in [0, 0.05) is 32.1 Å². The molecule has 0 saturated carbocycles. The van der Waals surface area contributed by atoms with Gasteiger partial charge in [0.25, 0.3) is 11.6 Å². The van der Waals surface area contributed by atoms with Crippen molar-refractivity contribution in [2.75, 3.05) is 26.2 Å². The van der Waals surface area contributed by atoms with E-state index in [-0.39, 0.29) is 29.9 Å². The van der Waals surface area contributed by atoms with Gasteiger partial charge >= 0.3 is 0 Å². The molecule has 1 aromatic carbocycles. The quantitative estimate of drug-likeness (QED) is 0.439. The van der Waals surface area contributed by atoms with Crippen molar-refractivity contribution in [2.24, 2.45) is 0 Å². The number of hydrogen-bond acceptors (Lipinski definition) is 5. The number of likely N-dealkylation sites (tertiary alicyclic amines) is 1. The van der Waals surface area contributed by atoms with Crippen molar-refractivity contribution in [1.82, 2.24) is 10.2 Å². The Kier molecular flexibility index (Phi) is 5.90. The van der Waals surface area contributed by atoms with Gasteiger partial charge in [-0.15, -0.1) is 0 Å². The number of amides is 2. The zero-order valence-electron chi connectivity index (χ0n) is 12.7. The molecular formula is C15H19N3O5. The normalized spacial score (nSPS) is 13.9. The van der Waals surface area contributed by atoms with Crippen molar-refractivity contribution in [1.29, 1.82) is 0 Å². The lowest BCUT2D eigenvalue weighted by molar-refractivity contribution is -0.384. The molecule has 1 fully saturated rings. The van der Waals surface area contributed by atoms with Crippen LogP contribution in [0.2, 0.25) is 0 Å². The van der Waals surface area contributed by atoms with E-state index in [1.54, 1.807) is 11.0 Å². The fourth-order valence-electron chi connectivity index (χ4n) is 2.32. The van der Waals surface area contributed by atoms with Crippen LogP contribution in [0.25, 0.3) is 0 Å². The molecule has 0 radical (unpaired) electrons. The van der Waals surface area contributed by atoms with Gasteiger partial charge < -0.3 is 15.0 Å². The van der Waals surface area contributed by atoms with Crippen LogP contribution in [0.15, 0.2) is 24.3 Å². The van der Waals surface area contributed by atoms with E-state index in [0.29, 0.717) is 25.9 Å². The molecular weight excluding hydrogens is 302 g/mol. The predicted octanol–water partition coefficient (Wildman–Crippen LogP) is 1.10. The average molecular weight is 321 g/mol. The van der Waals surface area contributed by atoms with Gasteiger partial charge in [0.2, 0.25) is 5.91 Å². The maximum absolute atomic E-state index is 11.6. The zero-order chi connectivity index (χ0) is 16.7. The minimum absolute atomic E-state index is 0.0850. The molecule has 1 heterocycles. The van der Waals surface area contributed by atoms with Gasteiger partial charge in [0.15, 0.2) is 6.61 Å². The number of nitrogens with zero attached hydrogens (tertiary/aromatic N) is 2. The Morgan fingerprint density at radius 1 is 1.43 bits per heavy atom. The fraction of sp³-hybridized carbons (Fsp3) is 0.467. The second-order valence-electron chi connectivity index (χ2n) is 5.23. The minimum Gasteiger partial charge on any atom is -0.484 e. The average Bonchev–Trinajstić information content (AvgIpc) is 2.95. The number of benzene rings is 1. The Balaban J connectivity index is 1.64. The molecule has 0 aliphatic carbocycles. The highest BCUT2D eigenvalue weighted by molar-refractivity contribution is 5.78. The van der Waals surface area contributed by atoms with E-state index in [1.807, 2.05) is 0 Å². The van der Waals surface area contributed by atoms with Crippen molar-refractivity contribution in [2.45, 2.75) is 19.3 Å². The standard InChI is InChI=1S/C15H19N3O5/c19-14(16-7-3-9-17-8-2-6-15(17)20)11-23-13-5-1-4-12(10-13)18(21)22/h1,4-5,10H,2-3,6-9,11H2,(H,16,19). The summed E-state index contributed by atoms with van der Waals surface area (Å²) >= 11 is 0. The molecule has 0 unspecified atom stereocenters. The number of hydrogen-bond donors (Lipinski definition) is 1. The molecule has 1 N–H and O–H groups in total. The highest BCUT2D eigenvalue weighted by Crippen LogP contribution is 2.18. The minimum atomic E-state index is -0.521. The maximum Gasteiger partial charge on any atom is 0.273 e. The fourth-order valence-corrected chi connectivity index (χ4v) is 2.32. The van der Waals surface area contributed by atoms with Crippen LogP contribution < -0.4 is 10.1 Å². The van der Waals surface area contributed by atoms with Gasteiger partial charge in [0.05, 0.1) is 11.0 Å². The van der Waals surface area contributed by atoms with Crippen LogP contribution >= 0.6 is 0 Å². The summed E-state index contributed by atoms with van der Waals surface area (Å²) in [5.74, 6) is 0.145. The van der Waals surface area contributed by atoms with Crippen LogP contribution in [-0.4, -0.2) is 47.9 Å². The Bertz CT molecular complexity index is 590. The zero-order valence-corrected chi connectivity index (χ0v) is 12.7. The van der Waals surface area contributed by atoms with Crippen LogP contribution in [0.1, 0.15) is 19.3 Å². The predicted molar refractivity (Wildman–Crippen MR) is 82.0 cm³/mol. The van der Waals surface area contributed by atoms with E-state index in [1.165, 1.54) is 18.2 Å². The number of rotatable bonds is 8. The lowest BCUT2D eigenvalue weighted by Crippen LogP contribution is -2.33. The van der Waals surface area contributed by atoms with Crippen molar-refractivity contribution in [3.05, 3.63) is 34.4 Å². The van der Waals surface area contributed by atoms with Crippen molar-refractivity contribution < 1.29 is 19.2 Å². The number of ether oxygens (including phenoxy) is 1. The second kappa shape index (κ2) is 8.11. The molecule has 0 spiro atoms. The molecule has 0 aromatic heterocycles. The number of carbonyl (C=O) groups is 2. The molecule has 8 nitrogen and oxygen atoms in total. The highest BCUT2D eigenvalue weighted by atomic mass is 16.6. The van der Waals surface area contributed by atoms with Crippen molar-refractivity contribution in [3.8, 4) is 5.75 Å². The largest absolute Gasteiger partial charge is 0.484 e. The Morgan fingerprint density at radius 2 is 2.26 bits per heavy atom. The summed E-state index contributed by atoms with van der Waals surface area (Å²) in [6.45, 7) is 1.69. The van der Waals surface area contributed by atoms with E-state index in [4.69, 9.17) is 4.74 Å². The monoisotopic (exact) mass is 321 g/mol. The van der Waals surface area contributed by atoms with Gasteiger partial charge in [-0.25, -0.2) is 0 Å². The number of nitro groups is 1. The summed E-state index contributed by atoms with van der Waals surface area (Å²) in [7, 11) is 0. The molecule has 0 bridgehead atoms. The second-order valence-corrected chi connectivity index (χ2v) is 5.23. The molecule has 1 aromatic rings. The molecule has 2 rings (SSSR count). The molecule has 23 heavy (non-hydrogen) atoms. The molecule has 1 saturated heterocycles. The van der Waals surface area contributed by atoms with Gasteiger partial charge in [-0.3, -0.25) is 19.7 Å². The van der Waals surface area contributed by atoms with Crippen LogP contribution in [0.3, 0.4) is 0 Å². The van der Waals surface area contributed by atoms with Crippen LogP contribution in [-0.2, 0) is 9.59 Å². The van der Waals surface area contributed by atoms with Gasteiger partial charge in [-0.05, 0) is 18.9 Å². The molecule has 1 aliphatic heterocycles. The van der Waals surface area contributed by atoms with E-state index in [2.05, 4.69) is 5.32 Å². The third-order valence-corrected chi connectivity index (χ3v) is 3.50. The van der Waals surface area contributed by atoms with E-state index in [9.17, 15) is 19.7 Å². The molecule has 0 atom stereocenters. The first-order valence-corrected chi connectivity index (χ1v) is 7.48. The third-order valence-electron chi connectivity index (χ3n) is 3.50. The molecule has 8 heteroatoms. The number of carbonyl (C=O) groups excluding carboxylic acids is 2. The molecule has 124 valence electrons.